The zero-order chi connectivity index (χ0) is 22.9. The van der Waals surface area contributed by atoms with E-state index in [1.165, 1.54) is 28.6 Å². The van der Waals surface area contributed by atoms with Gasteiger partial charge >= 0.3 is 5.97 Å². The van der Waals surface area contributed by atoms with Crippen molar-refractivity contribution in [3.8, 4) is 0 Å². The second kappa shape index (κ2) is 8.65. The van der Waals surface area contributed by atoms with Crippen LogP contribution in [0.25, 0.3) is 0 Å². The fourth-order valence-electron chi connectivity index (χ4n) is 3.85. The van der Waals surface area contributed by atoms with Crippen LogP contribution in [-0.4, -0.2) is 55.7 Å². The topological polar surface area (TPSA) is 105 Å². The van der Waals surface area contributed by atoms with Gasteiger partial charge in [0.1, 0.15) is 11.4 Å². The number of nitrogens with one attached hydrogen (secondary N) is 1. The van der Waals surface area contributed by atoms with Gasteiger partial charge in [-0.25, -0.2) is 13.2 Å². The van der Waals surface area contributed by atoms with Crippen molar-refractivity contribution in [2.45, 2.75) is 30.3 Å². The maximum atomic E-state index is 13.1. The Balaban J connectivity index is 1.48. The fourth-order valence-corrected chi connectivity index (χ4v) is 5.49. The van der Waals surface area contributed by atoms with Crippen molar-refractivity contribution >= 4 is 39.2 Å². The maximum absolute atomic E-state index is 13.1. The number of benzene rings is 2. The summed E-state index contributed by atoms with van der Waals surface area (Å²) in [5, 5.41) is 3.43. The Morgan fingerprint density at radius 2 is 1.88 bits per heavy atom. The minimum atomic E-state index is -3.75. The molecule has 32 heavy (non-hydrogen) atoms. The largest absolute Gasteiger partial charge is 0.462 e. The van der Waals surface area contributed by atoms with Crippen LogP contribution < -0.4 is 5.32 Å². The first-order chi connectivity index (χ1) is 15.2. The second-order valence-corrected chi connectivity index (χ2v) is 9.98. The van der Waals surface area contributed by atoms with Crippen molar-refractivity contribution < 1.29 is 22.7 Å². The number of hydrogen-bond donors (Lipinski definition) is 1. The lowest BCUT2D eigenvalue weighted by molar-refractivity contribution is -0.115. The summed E-state index contributed by atoms with van der Waals surface area (Å²) < 4.78 is 32.4. The van der Waals surface area contributed by atoms with Crippen LogP contribution in [-0.2, 0) is 19.6 Å². The lowest BCUT2D eigenvalue weighted by Crippen LogP contribution is -2.52. The molecule has 2 aromatic carbocycles. The molecular weight excluding hydrogens is 454 g/mol. The van der Waals surface area contributed by atoms with Gasteiger partial charge in [-0.05, 0) is 43.3 Å². The number of carbonyl (C=O) groups is 2. The molecule has 10 heteroatoms. The molecule has 0 bridgehead atoms. The number of rotatable bonds is 5. The van der Waals surface area contributed by atoms with E-state index in [-0.39, 0.29) is 30.5 Å². The third-order valence-electron chi connectivity index (χ3n) is 5.54. The molecule has 8 nitrogen and oxygen atoms in total. The number of amides is 1. The molecule has 0 radical (unpaired) electrons. The summed E-state index contributed by atoms with van der Waals surface area (Å²) >= 11 is 6.03. The average Bonchev–Trinajstić information content (AvgIpc) is 3.10. The Kier molecular flexibility index (Phi) is 6.07. The van der Waals surface area contributed by atoms with Gasteiger partial charge in [0.05, 0.1) is 17.1 Å². The predicted molar refractivity (Wildman–Crippen MR) is 119 cm³/mol. The number of halogens is 1. The van der Waals surface area contributed by atoms with Crippen LogP contribution in [0.4, 0.5) is 0 Å². The summed E-state index contributed by atoms with van der Waals surface area (Å²) in [6, 6.07) is 12.6. The first-order valence-electron chi connectivity index (χ1n) is 10.2. The van der Waals surface area contributed by atoms with Crippen LogP contribution in [0.3, 0.4) is 0 Å². The summed E-state index contributed by atoms with van der Waals surface area (Å²) in [4.78, 5) is 29.1. The lowest BCUT2D eigenvalue weighted by Gasteiger charge is -2.36. The number of nitrogens with zero attached hydrogens (tertiary/aromatic N) is 2. The van der Waals surface area contributed by atoms with Crippen LogP contribution >= 0.6 is 11.6 Å². The Bertz CT molecular complexity index is 1190. The zero-order valence-electron chi connectivity index (χ0n) is 17.4. The Morgan fingerprint density at radius 1 is 1.19 bits per heavy atom. The molecule has 1 fully saturated rings. The molecule has 0 unspecified atom stereocenters. The maximum Gasteiger partial charge on any atom is 0.338 e. The van der Waals surface area contributed by atoms with Gasteiger partial charge in [0.2, 0.25) is 10.0 Å². The number of esters is 1. The van der Waals surface area contributed by atoms with Gasteiger partial charge in [-0.15, -0.1) is 0 Å². The minimum absolute atomic E-state index is 0.0973. The summed E-state index contributed by atoms with van der Waals surface area (Å²) in [5.41, 5.74) is 0.399. The summed E-state index contributed by atoms with van der Waals surface area (Å²) in [6.07, 6.45) is 0.700. The summed E-state index contributed by atoms with van der Waals surface area (Å²) in [7, 11) is -3.75. The van der Waals surface area contributed by atoms with E-state index in [1.807, 2.05) is 0 Å². The highest BCUT2D eigenvalue weighted by atomic mass is 35.5. The minimum Gasteiger partial charge on any atom is -0.462 e. The van der Waals surface area contributed by atoms with Gasteiger partial charge in [0, 0.05) is 36.5 Å². The van der Waals surface area contributed by atoms with Gasteiger partial charge in [0.15, 0.2) is 0 Å². The van der Waals surface area contributed by atoms with Gasteiger partial charge in [-0.2, -0.15) is 4.31 Å². The molecule has 2 heterocycles. The molecular formula is C22H22ClN3O5S. The van der Waals surface area contributed by atoms with E-state index in [0.29, 0.717) is 34.7 Å². The Labute approximate surface area is 191 Å². The van der Waals surface area contributed by atoms with Crippen molar-refractivity contribution in [3.05, 3.63) is 64.7 Å². The monoisotopic (exact) mass is 475 g/mol. The molecule has 168 valence electrons. The number of aliphatic imine (C=N–C) groups is 1. The Morgan fingerprint density at radius 3 is 2.50 bits per heavy atom. The van der Waals surface area contributed by atoms with E-state index in [1.54, 1.807) is 31.2 Å². The molecule has 2 aliphatic rings. The number of piperidine rings is 1. The molecule has 2 aromatic rings. The molecule has 4 rings (SSSR count). The summed E-state index contributed by atoms with van der Waals surface area (Å²) in [5.74, 6) is -0.792. The first kappa shape index (κ1) is 22.4. The van der Waals surface area contributed by atoms with Crippen molar-refractivity contribution in [1.82, 2.24) is 9.62 Å². The van der Waals surface area contributed by atoms with Crippen molar-refractivity contribution in [3.63, 3.8) is 0 Å². The third-order valence-corrected chi connectivity index (χ3v) is 7.69. The molecule has 0 aliphatic carbocycles. The number of sulfonamides is 1. The van der Waals surface area contributed by atoms with Crippen LogP contribution in [0.1, 0.15) is 35.7 Å². The van der Waals surface area contributed by atoms with E-state index in [2.05, 4.69) is 10.3 Å². The van der Waals surface area contributed by atoms with E-state index < -0.39 is 21.7 Å². The highest BCUT2D eigenvalue weighted by molar-refractivity contribution is 7.89. The number of carbonyl (C=O) groups excluding carboxylic acids is 2. The smallest absolute Gasteiger partial charge is 0.338 e. The molecule has 0 aromatic heterocycles. The lowest BCUT2D eigenvalue weighted by atomic mass is 10.00. The summed E-state index contributed by atoms with van der Waals surface area (Å²) in [6.45, 7) is 2.35. The molecule has 1 saturated heterocycles. The Hall–Kier alpha value is -2.75. The predicted octanol–water partition coefficient (Wildman–Crippen LogP) is 2.62. The van der Waals surface area contributed by atoms with Gasteiger partial charge in [-0.3, -0.25) is 9.79 Å². The fraction of sp³-hybridized carbons (Fsp3) is 0.318. The average molecular weight is 476 g/mol. The highest BCUT2D eigenvalue weighted by Crippen LogP contribution is 2.31. The molecule has 1 spiro atoms. The van der Waals surface area contributed by atoms with Crippen molar-refractivity contribution in [1.29, 1.82) is 0 Å². The standard InChI is InChI=1S/C22H22ClN3O5S/c1-2-31-21(28)15-6-8-18(9-7-15)32(29,30)26-12-10-22(11-13-26)24-19(20(27)25-22)16-4-3-5-17(23)14-16/h3-9,14H,2,10-13H2,1H3,(H,25,27). The second-order valence-electron chi connectivity index (χ2n) is 7.61. The number of hydrogen-bond acceptors (Lipinski definition) is 6. The molecule has 0 atom stereocenters. The zero-order valence-corrected chi connectivity index (χ0v) is 18.9. The van der Waals surface area contributed by atoms with Crippen molar-refractivity contribution in [2.75, 3.05) is 19.7 Å². The van der Waals surface area contributed by atoms with Crippen LogP contribution in [0.2, 0.25) is 5.02 Å². The molecule has 1 amide bonds. The molecule has 2 aliphatic heterocycles. The normalized spacial score (nSPS) is 18.3. The van der Waals surface area contributed by atoms with Gasteiger partial charge < -0.3 is 10.1 Å². The SMILES string of the molecule is CCOC(=O)c1ccc(S(=O)(=O)N2CCC3(CC2)N=C(c2cccc(Cl)c2)C(=O)N3)cc1. The van der Waals surface area contributed by atoms with Crippen LogP contribution in [0.15, 0.2) is 58.4 Å². The molecule has 0 saturated carbocycles. The van der Waals surface area contributed by atoms with Gasteiger partial charge in [0.25, 0.3) is 5.91 Å². The third kappa shape index (κ3) is 4.28. The van der Waals surface area contributed by atoms with E-state index in [4.69, 9.17) is 16.3 Å². The van der Waals surface area contributed by atoms with Crippen LogP contribution in [0, 0.1) is 0 Å². The first-order valence-corrected chi connectivity index (χ1v) is 12.0. The van der Waals surface area contributed by atoms with E-state index >= 15 is 0 Å². The van der Waals surface area contributed by atoms with Crippen molar-refractivity contribution in [2.24, 2.45) is 4.99 Å². The van der Waals surface area contributed by atoms with Gasteiger partial charge in [-0.1, -0.05) is 23.7 Å². The van der Waals surface area contributed by atoms with Crippen LogP contribution in [0.5, 0.6) is 0 Å². The highest BCUT2D eigenvalue weighted by Gasteiger charge is 2.44. The van der Waals surface area contributed by atoms with E-state index in [0.717, 1.165) is 0 Å². The van der Waals surface area contributed by atoms with E-state index in [9.17, 15) is 18.0 Å². The quantitative estimate of drug-likeness (QED) is 0.669. The number of ether oxygens (including phenoxy) is 1. The molecule has 1 N–H and O–H groups in total.